The maximum absolute atomic E-state index is 13.7. The fourth-order valence-electron chi connectivity index (χ4n) is 1.62. The first kappa shape index (κ1) is 15.6. The molecule has 0 saturated carbocycles. The summed E-state index contributed by atoms with van der Waals surface area (Å²) in [5, 5.41) is 5.21. The number of amides is 1. The topological polar surface area (TPSA) is 41.1 Å². The molecule has 2 rings (SSSR count). The van der Waals surface area contributed by atoms with Gasteiger partial charge in [0.1, 0.15) is 5.82 Å². The summed E-state index contributed by atoms with van der Waals surface area (Å²) in [4.78, 5) is 12.0. The van der Waals surface area contributed by atoms with E-state index in [2.05, 4.69) is 26.6 Å². The molecule has 0 saturated heterocycles. The third-order valence-corrected chi connectivity index (χ3v) is 3.42. The van der Waals surface area contributed by atoms with Gasteiger partial charge in [0.2, 0.25) is 0 Å². The number of benzene rings is 2. The Labute approximate surface area is 135 Å². The number of nitrogens with one attached hydrogen (secondary N) is 2. The molecule has 0 radical (unpaired) electrons. The minimum absolute atomic E-state index is 0.0433. The number of halogens is 2. The van der Waals surface area contributed by atoms with E-state index in [1.807, 2.05) is 19.1 Å². The summed E-state index contributed by atoms with van der Waals surface area (Å²) in [6.07, 6.45) is 0. The van der Waals surface area contributed by atoms with E-state index in [0.717, 1.165) is 5.56 Å². The van der Waals surface area contributed by atoms with Gasteiger partial charge in [-0.1, -0.05) is 33.6 Å². The summed E-state index contributed by atoms with van der Waals surface area (Å²) in [6, 6.07) is 11.6. The maximum Gasteiger partial charge on any atom is 0.257 e. The number of anilines is 1. The first-order chi connectivity index (χ1) is 9.95. The molecule has 0 aliphatic carbocycles. The molecule has 2 aromatic carbocycles. The van der Waals surface area contributed by atoms with Crippen molar-refractivity contribution in [1.82, 2.24) is 5.32 Å². The van der Waals surface area contributed by atoms with Gasteiger partial charge in [0.25, 0.3) is 5.91 Å². The van der Waals surface area contributed by atoms with Crippen LogP contribution in [0.15, 0.2) is 46.9 Å². The van der Waals surface area contributed by atoms with Crippen molar-refractivity contribution in [3.05, 3.63) is 63.9 Å². The summed E-state index contributed by atoms with van der Waals surface area (Å²) in [7, 11) is 0. The van der Waals surface area contributed by atoms with Gasteiger partial charge in [-0.2, -0.15) is 0 Å². The van der Waals surface area contributed by atoms with Crippen molar-refractivity contribution in [2.45, 2.75) is 6.92 Å². The smallest absolute Gasteiger partial charge is 0.257 e. The average molecular weight is 367 g/mol. The van der Waals surface area contributed by atoms with E-state index in [1.165, 1.54) is 12.1 Å². The lowest BCUT2D eigenvalue weighted by atomic mass is 10.1. The first-order valence-corrected chi connectivity index (χ1v) is 7.30. The van der Waals surface area contributed by atoms with Crippen molar-refractivity contribution < 1.29 is 9.18 Å². The van der Waals surface area contributed by atoms with E-state index in [4.69, 9.17) is 12.2 Å². The summed E-state index contributed by atoms with van der Waals surface area (Å²) >= 11 is 8.18. The molecule has 3 nitrogen and oxygen atoms in total. The van der Waals surface area contributed by atoms with Crippen LogP contribution >= 0.6 is 28.1 Å². The largest absolute Gasteiger partial charge is 0.330 e. The van der Waals surface area contributed by atoms with Crippen LogP contribution in [0.2, 0.25) is 0 Å². The molecule has 0 unspecified atom stereocenters. The number of hydrogen-bond donors (Lipinski definition) is 2. The molecule has 2 N–H and O–H groups in total. The highest BCUT2D eigenvalue weighted by molar-refractivity contribution is 9.10. The predicted octanol–water partition coefficient (Wildman–Crippen LogP) is 4.02. The van der Waals surface area contributed by atoms with Gasteiger partial charge in [-0.15, -0.1) is 0 Å². The molecular formula is C15H12BrFN2OS. The zero-order chi connectivity index (χ0) is 15.4. The zero-order valence-electron chi connectivity index (χ0n) is 11.1. The lowest BCUT2D eigenvalue weighted by Gasteiger charge is -2.10. The van der Waals surface area contributed by atoms with E-state index in [0.29, 0.717) is 10.0 Å². The standard InChI is InChI=1S/C15H12BrFN2OS/c1-9-2-4-10(5-3-9)14(20)19-15(21)18-13-7-6-11(16)8-12(13)17/h2-8H,1H3,(H2,18,19,20,21). The number of aryl methyl sites for hydroxylation is 1. The second-order valence-corrected chi connectivity index (χ2v) is 5.72. The van der Waals surface area contributed by atoms with Crippen LogP contribution in [0.5, 0.6) is 0 Å². The summed E-state index contributed by atoms with van der Waals surface area (Å²) in [5.41, 5.74) is 1.75. The van der Waals surface area contributed by atoms with Crippen molar-refractivity contribution >= 4 is 44.9 Å². The molecule has 6 heteroatoms. The number of thiocarbonyl (C=S) groups is 1. The monoisotopic (exact) mass is 366 g/mol. The van der Waals surface area contributed by atoms with Gasteiger partial charge in [0.05, 0.1) is 5.69 Å². The minimum atomic E-state index is -0.462. The summed E-state index contributed by atoms with van der Waals surface area (Å²) in [6.45, 7) is 1.93. The highest BCUT2D eigenvalue weighted by Crippen LogP contribution is 2.19. The van der Waals surface area contributed by atoms with Gasteiger partial charge >= 0.3 is 0 Å². The molecule has 0 atom stereocenters. The number of carbonyl (C=O) groups is 1. The Balaban J connectivity index is 2.01. The third-order valence-electron chi connectivity index (χ3n) is 2.72. The minimum Gasteiger partial charge on any atom is -0.330 e. The molecule has 1 amide bonds. The molecule has 0 spiro atoms. The Bertz CT molecular complexity index is 689. The van der Waals surface area contributed by atoms with Crippen LogP contribution in [0, 0.1) is 12.7 Å². The zero-order valence-corrected chi connectivity index (χ0v) is 13.5. The Hall–Kier alpha value is -1.79. The second kappa shape index (κ2) is 6.78. The number of rotatable bonds is 2. The molecule has 0 fully saturated rings. The van der Waals surface area contributed by atoms with Crippen molar-refractivity contribution in [3.63, 3.8) is 0 Å². The molecule has 0 heterocycles. The quantitative estimate of drug-likeness (QED) is 0.788. The van der Waals surface area contributed by atoms with E-state index in [-0.39, 0.29) is 16.7 Å². The van der Waals surface area contributed by atoms with Gasteiger partial charge in [-0.05, 0) is 49.5 Å². The third kappa shape index (κ3) is 4.34. The molecule has 0 aliphatic heterocycles. The Morgan fingerprint density at radius 3 is 2.48 bits per heavy atom. The molecule has 0 aromatic heterocycles. The highest BCUT2D eigenvalue weighted by atomic mass is 79.9. The van der Waals surface area contributed by atoms with E-state index < -0.39 is 5.82 Å². The Kier molecular flexibility index (Phi) is 5.03. The molecular weight excluding hydrogens is 355 g/mol. The summed E-state index contributed by atoms with van der Waals surface area (Å²) in [5.74, 6) is -0.804. The van der Waals surface area contributed by atoms with Gasteiger partial charge in [-0.3, -0.25) is 10.1 Å². The normalized spacial score (nSPS) is 10.0. The molecule has 0 aliphatic rings. The first-order valence-electron chi connectivity index (χ1n) is 6.10. The van der Waals surface area contributed by atoms with Crippen LogP contribution in [0.1, 0.15) is 15.9 Å². The molecule has 21 heavy (non-hydrogen) atoms. The Morgan fingerprint density at radius 2 is 1.86 bits per heavy atom. The van der Waals surface area contributed by atoms with Crippen LogP contribution in [0.4, 0.5) is 10.1 Å². The molecule has 0 bridgehead atoms. The Morgan fingerprint density at radius 1 is 1.19 bits per heavy atom. The predicted molar refractivity (Wildman–Crippen MR) is 89.0 cm³/mol. The average Bonchev–Trinajstić information content (AvgIpc) is 2.42. The molecule has 2 aromatic rings. The maximum atomic E-state index is 13.7. The lowest BCUT2D eigenvalue weighted by molar-refractivity contribution is 0.0977. The van der Waals surface area contributed by atoms with E-state index in [1.54, 1.807) is 18.2 Å². The number of carbonyl (C=O) groups excluding carboxylic acids is 1. The van der Waals surface area contributed by atoms with Gasteiger partial charge in [0.15, 0.2) is 5.11 Å². The van der Waals surface area contributed by atoms with Crippen LogP contribution in [-0.2, 0) is 0 Å². The van der Waals surface area contributed by atoms with Crippen molar-refractivity contribution in [2.24, 2.45) is 0 Å². The van der Waals surface area contributed by atoms with E-state index in [9.17, 15) is 9.18 Å². The SMILES string of the molecule is Cc1ccc(C(=O)NC(=S)Nc2ccc(Br)cc2F)cc1. The van der Waals surface area contributed by atoms with Crippen LogP contribution in [0.25, 0.3) is 0 Å². The second-order valence-electron chi connectivity index (χ2n) is 4.40. The van der Waals surface area contributed by atoms with E-state index >= 15 is 0 Å². The fourth-order valence-corrected chi connectivity index (χ4v) is 2.16. The van der Waals surface area contributed by atoms with Gasteiger partial charge in [-0.25, -0.2) is 4.39 Å². The fraction of sp³-hybridized carbons (Fsp3) is 0.0667. The van der Waals surface area contributed by atoms with Gasteiger partial charge in [0, 0.05) is 10.0 Å². The van der Waals surface area contributed by atoms with Gasteiger partial charge < -0.3 is 5.32 Å². The van der Waals surface area contributed by atoms with Crippen molar-refractivity contribution in [1.29, 1.82) is 0 Å². The number of hydrogen-bond acceptors (Lipinski definition) is 2. The highest BCUT2D eigenvalue weighted by Gasteiger charge is 2.09. The van der Waals surface area contributed by atoms with Crippen LogP contribution in [-0.4, -0.2) is 11.0 Å². The van der Waals surface area contributed by atoms with Crippen LogP contribution in [0.3, 0.4) is 0 Å². The lowest BCUT2D eigenvalue weighted by Crippen LogP contribution is -2.34. The summed E-state index contributed by atoms with van der Waals surface area (Å²) < 4.78 is 14.3. The van der Waals surface area contributed by atoms with Crippen LogP contribution < -0.4 is 10.6 Å². The van der Waals surface area contributed by atoms with Crippen molar-refractivity contribution in [3.8, 4) is 0 Å². The molecule has 108 valence electrons. The van der Waals surface area contributed by atoms with Crippen molar-refractivity contribution in [2.75, 3.05) is 5.32 Å².